The van der Waals surface area contributed by atoms with E-state index >= 15 is 0 Å². The summed E-state index contributed by atoms with van der Waals surface area (Å²) < 4.78 is 6.94. The second-order valence-electron chi connectivity index (χ2n) is 7.41. The number of rotatable bonds is 12. The quantitative estimate of drug-likeness (QED) is 0.497. The molecule has 0 aliphatic heterocycles. The van der Waals surface area contributed by atoms with Crippen molar-refractivity contribution in [2.75, 3.05) is 20.3 Å². The van der Waals surface area contributed by atoms with E-state index in [-0.39, 0.29) is 17.5 Å². The van der Waals surface area contributed by atoms with Gasteiger partial charge in [0.2, 0.25) is 5.91 Å². The number of hydrogen-bond acceptors (Lipinski definition) is 4. The van der Waals surface area contributed by atoms with E-state index in [2.05, 4.69) is 13.8 Å². The topological polar surface area (TPSA) is 64.4 Å². The molecule has 1 atom stereocenters. The Morgan fingerprint density at radius 1 is 1.17 bits per heavy atom. The second kappa shape index (κ2) is 11.7. The molecule has 0 N–H and O–H groups in total. The van der Waals surface area contributed by atoms with Gasteiger partial charge in [0.25, 0.3) is 5.56 Å². The maximum Gasteiger partial charge on any atom is 0.261 e. The van der Waals surface area contributed by atoms with Gasteiger partial charge in [-0.15, -0.1) is 0 Å². The molecule has 2 rings (SSSR count). The highest BCUT2D eigenvalue weighted by atomic mass is 16.5. The molecule has 160 valence electrons. The number of para-hydroxylation sites is 1. The molecule has 0 aliphatic rings. The average molecular weight is 402 g/mol. The molecule has 1 heterocycles. The molecule has 0 saturated heterocycles. The van der Waals surface area contributed by atoms with Crippen molar-refractivity contribution in [3.63, 3.8) is 0 Å². The zero-order valence-electron chi connectivity index (χ0n) is 18.3. The Morgan fingerprint density at radius 3 is 2.59 bits per heavy atom. The van der Waals surface area contributed by atoms with Crippen LogP contribution in [0.5, 0.6) is 0 Å². The molecule has 0 saturated carbocycles. The minimum absolute atomic E-state index is 0.0717. The summed E-state index contributed by atoms with van der Waals surface area (Å²) in [5.41, 5.74) is 0.605. The monoisotopic (exact) mass is 401 g/mol. The Labute approximate surface area is 173 Å². The Hall–Kier alpha value is -2.21. The van der Waals surface area contributed by atoms with Crippen LogP contribution in [-0.4, -0.2) is 40.6 Å². The number of unbranched alkanes of at least 4 members (excludes halogenated alkanes) is 2. The van der Waals surface area contributed by atoms with Crippen molar-refractivity contribution in [3.8, 4) is 0 Å². The van der Waals surface area contributed by atoms with E-state index in [0.717, 1.165) is 25.7 Å². The Morgan fingerprint density at radius 2 is 1.93 bits per heavy atom. The van der Waals surface area contributed by atoms with Crippen molar-refractivity contribution in [1.82, 2.24) is 14.5 Å². The molecule has 1 aromatic heterocycles. The third-order valence-electron chi connectivity index (χ3n) is 5.26. The highest BCUT2D eigenvalue weighted by molar-refractivity contribution is 5.78. The standard InChI is InChI=1S/C23H35N3O3/c1-5-8-11-15-25(21(27)12-6-2)20(7-3)22-24-19-14-10-9-13-18(19)23(28)26(22)16-17-29-4/h9-10,13-14,20H,5-8,11-12,15-17H2,1-4H3. The minimum Gasteiger partial charge on any atom is -0.383 e. The number of aromatic nitrogens is 2. The smallest absolute Gasteiger partial charge is 0.261 e. The van der Waals surface area contributed by atoms with Gasteiger partial charge in [-0.05, 0) is 31.4 Å². The van der Waals surface area contributed by atoms with E-state index in [0.29, 0.717) is 49.3 Å². The van der Waals surface area contributed by atoms with Crippen molar-refractivity contribution in [2.24, 2.45) is 0 Å². The number of ether oxygens (including phenoxy) is 1. The lowest BCUT2D eigenvalue weighted by Crippen LogP contribution is -2.39. The molecular weight excluding hydrogens is 366 g/mol. The summed E-state index contributed by atoms with van der Waals surface area (Å²) in [6, 6.07) is 7.19. The van der Waals surface area contributed by atoms with E-state index in [4.69, 9.17) is 9.72 Å². The first-order valence-electron chi connectivity index (χ1n) is 10.9. The van der Waals surface area contributed by atoms with Crippen LogP contribution in [0.2, 0.25) is 0 Å². The average Bonchev–Trinajstić information content (AvgIpc) is 2.73. The fourth-order valence-corrected chi connectivity index (χ4v) is 3.72. The highest BCUT2D eigenvalue weighted by Gasteiger charge is 2.27. The number of nitrogens with zero attached hydrogens (tertiary/aromatic N) is 3. The predicted octanol–water partition coefficient (Wildman–Crippen LogP) is 4.31. The van der Waals surface area contributed by atoms with Gasteiger partial charge in [0.1, 0.15) is 5.82 Å². The molecule has 0 aliphatic carbocycles. The van der Waals surface area contributed by atoms with Crippen LogP contribution in [-0.2, 0) is 16.1 Å². The number of benzene rings is 1. The third-order valence-corrected chi connectivity index (χ3v) is 5.26. The zero-order chi connectivity index (χ0) is 21.2. The molecule has 0 bridgehead atoms. The lowest BCUT2D eigenvalue weighted by Gasteiger charge is -2.32. The van der Waals surface area contributed by atoms with Crippen molar-refractivity contribution in [2.45, 2.75) is 71.9 Å². The van der Waals surface area contributed by atoms with E-state index < -0.39 is 0 Å². The highest BCUT2D eigenvalue weighted by Crippen LogP contribution is 2.25. The molecular formula is C23H35N3O3. The van der Waals surface area contributed by atoms with E-state index in [1.807, 2.05) is 30.0 Å². The van der Waals surface area contributed by atoms with Gasteiger partial charge in [0.15, 0.2) is 0 Å². The Bertz CT molecular complexity index is 847. The summed E-state index contributed by atoms with van der Waals surface area (Å²) in [6.45, 7) is 7.76. The van der Waals surface area contributed by atoms with E-state index in [1.165, 1.54) is 0 Å². The summed E-state index contributed by atoms with van der Waals surface area (Å²) >= 11 is 0. The lowest BCUT2D eigenvalue weighted by atomic mass is 10.1. The van der Waals surface area contributed by atoms with Gasteiger partial charge in [-0.25, -0.2) is 4.98 Å². The number of hydrogen-bond donors (Lipinski definition) is 0. The number of carbonyl (C=O) groups excluding carboxylic acids is 1. The predicted molar refractivity (Wildman–Crippen MR) is 117 cm³/mol. The van der Waals surface area contributed by atoms with Crippen LogP contribution in [0, 0.1) is 0 Å². The van der Waals surface area contributed by atoms with Crippen molar-refractivity contribution in [1.29, 1.82) is 0 Å². The van der Waals surface area contributed by atoms with Crippen LogP contribution in [0.25, 0.3) is 10.9 Å². The third kappa shape index (κ3) is 5.66. The van der Waals surface area contributed by atoms with Gasteiger partial charge in [-0.3, -0.25) is 14.2 Å². The second-order valence-corrected chi connectivity index (χ2v) is 7.41. The molecule has 1 amide bonds. The summed E-state index contributed by atoms with van der Waals surface area (Å²) in [7, 11) is 1.62. The first-order valence-corrected chi connectivity index (χ1v) is 10.9. The number of fused-ring (bicyclic) bond motifs is 1. The van der Waals surface area contributed by atoms with Crippen molar-refractivity contribution >= 4 is 16.8 Å². The molecule has 0 radical (unpaired) electrons. The molecule has 0 spiro atoms. The summed E-state index contributed by atoms with van der Waals surface area (Å²) in [6.07, 6.45) is 5.16. The molecule has 6 nitrogen and oxygen atoms in total. The number of carbonyl (C=O) groups is 1. The van der Waals surface area contributed by atoms with Gasteiger partial charge in [0, 0.05) is 20.1 Å². The molecule has 2 aromatic rings. The maximum absolute atomic E-state index is 13.2. The molecule has 0 fully saturated rings. The van der Waals surface area contributed by atoms with Crippen molar-refractivity contribution in [3.05, 3.63) is 40.4 Å². The Balaban J connectivity index is 2.57. The Kier molecular flexibility index (Phi) is 9.32. The maximum atomic E-state index is 13.2. The first-order chi connectivity index (χ1) is 14.1. The van der Waals surface area contributed by atoms with Crippen LogP contribution in [0.1, 0.15) is 71.2 Å². The van der Waals surface area contributed by atoms with Gasteiger partial charge >= 0.3 is 0 Å². The molecule has 6 heteroatoms. The van der Waals surface area contributed by atoms with Crippen LogP contribution >= 0.6 is 0 Å². The molecule has 29 heavy (non-hydrogen) atoms. The normalized spacial score (nSPS) is 12.3. The van der Waals surface area contributed by atoms with Crippen LogP contribution < -0.4 is 5.56 Å². The van der Waals surface area contributed by atoms with Crippen LogP contribution in [0.4, 0.5) is 0 Å². The summed E-state index contributed by atoms with van der Waals surface area (Å²) in [4.78, 5) is 33.0. The van der Waals surface area contributed by atoms with Crippen LogP contribution in [0.15, 0.2) is 29.1 Å². The lowest BCUT2D eigenvalue weighted by molar-refractivity contribution is -0.134. The first kappa shape index (κ1) is 23.1. The van der Waals surface area contributed by atoms with E-state index in [1.54, 1.807) is 17.7 Å². The van der Waals surface area contributed by atoms with Gasteiger partial charge in [0.05, 0.1) is 30.1 Å². The van der Waals surface area contributed by atoms with Gasteiger partial charge in [-0.2, -0.15) is 0 Å². The fourth-order valence-electron chi connectivity index (χ4n) is 3.72. The van der Waals surface area contributed by atoms with Gasteiger partial charge in [-0.1, -0.05) is 45.7 Å². The van der Waals surface area contributed by atoms with E-state index in [9.17, 15) is 9.59 Å². The number of methoxy groups -OCH3 is 1. The van der Waals surface area contributed by atoms with Gasteiger partial charge < -0.3 is 9.64 Å². The zero-order valence-corrected chi connectivity index (χ0v) is 18.3. The SMILES string of the molecule is CCCCCN(C(=O)CCC)C(CC)c1nc2ccccc2c(=O)n1CCOC. The largest absolute Gasteiger partial charge is 0.383 e. The molecule has 1 aromatic carbocycles. The molecule has 1 unspecified atom stereocenters. The van der Waals surface area contributed by atoms with Crippen molar-refractivity contribution < 1.29 is 9.53 Å². The van der Waals surface area contributed by atoms with Crippen LogP contribution in [0.3, 0.4) is 0 Å². The minimum atomic E-state index is -0.222. The number of amides is 1. The summed E-state index contributed by atoms with van der Waals surface area (Å²) in [5.74, 6) is 0.797. The summed E-state index contributed by atoms with van der Waals surface area (Å²) in [5, 5.41) is 0.597. The fraction of sp³-hybridized carbons (Fsp3) is 0.609.